The molecule has 5 heteroatoms. The van der Waals surface area contributed by atoms with Gasteiger partial charge in [0, 0.05) is 10.6 Å². The van der Waals surface area contributed by atoms with E-state index in [4.69, 9.17) is 16.3 Å². The van der Waals surface area contributed by atoms with Crippen LogP contribution in [-0.2, 0) is 9.53 Å². The second-order valence-electron chi connectivity index (χ2n) is 4.37. The normalized spacial score (nSPS) is 16.0. The average Bonchev–Trinajstić information content (AvgIpc) is 2.83. The summed E-state index contributed by atoms with van der Waals surface area (Å²) in [5.41, 5.74) is 1.20. The number of ether oxygens (including phenoxy) is 1. The van der Waals surface area contributed by atoms with Gasteiger partial charge in [-0.2, -0.15) is 0 Å². The van der Waals surface area contributed by atoms with E-state index in [9.17, 15) is 9.18 Å². The van der Waals surface area contributed by atoms with Crippen LogP contribution in [0.15, 0.2) is 59.2 Å². The molecule has 3 rings (SSSR count). The molecule has 0 atom stereocenters. The molecule has 0 saturated heterocycles. The molecule has 0 saturated carbocycles. The summed E-state index contributed by atoms with van der Waals surface area (Å²) in [5.74, 6) is -0.929. The smallest absolute Gasteiger partial charge is 0.363 e. The zero-order valence-corrected chi connectivity index (χ0v) is 11.5. The van der Waals surface area contributed by atoms with E-state index in [1.54, 1.807) is 30.3 Å². The first-order valence-electron chi connectivity index (χ1n) is 6.16. The van der Waals surface area contributed by atoms with Crippen LogP contribution in [0.3, 0.4) is 0 Å². The van der Waals surface area contributed by atoms with Crippen LogP contribution in [0, 0.1) is 5.82 Å². The van der Waals surface area contributed by atoms with Gasteiger partial charge in [-0.1, -0.05) is 35.9 Å². The van der Waals surface area contributed by atoms with Crippen molar-refractivity contribution in [3.8, 4) is 0 Å². The highest BCUT2D eigenvalue weighted by Gasteiger charge is 2.24. The summed E-state index contributed by atoms with van der Waals surface area (Å²) in [7, 11) is 0. The Morgan fingerprint density at radius 3 is 2.71 bits per heavy atom. The van der Waals surface area contributed by atoms with E-state index in [1.807, 2.05) is 0 Å². The second-order valence-corrected chi connectivity index (χ2v) is 4.78. The maximum atomic E-state index is 13.2. The molecule has 0 N–H and O–H groups in total. The number of benzene rings is 2. The van der Waals surface area contributed by atoms with Gasteiger partial charge in [0.2, 0.25) is 5.90 Å². The van der Waals surface area contributed by atoms with Crippen molar-refractivity contribution in [1.29, 1.82) is 0 Å². The molecule has 0 fully saturated rings. The van der Waals surface area contributed by atoms with E-state index in [2.05, 4.69) is 4.99 Å². The van der Waals surface area contributed by atoms with Crippen molar-refractivity contribution < 1.29 is 13.9 Å². The number of rotatable bonds is 2. The third-order valence-electron chi connectivity index (χ3n) is 2.89. The number of carbonyl (C=O) groups is 1. The Morgan fingerprint density at radius 2 is 1.95 bits per heavy atom. The maximum absolute atomic E-state index is 13.2. The minimum absolute atomic E-state index is 0.0813. The van der Waals surface area contributed by atoms with Crippen molar-refractivity contribution in [3.05, 3.63) is 76.2 Å². The fraction of sp³-hybridized carbons (Fsp3) is 0. The van der Waals surface area contributed by atoms with Crippen LogP contribution in [-0.4, -0.2) is 11.9 Å². The van der Waals surface area contributed by atoms with Crippen LogP contribution in [0.1, 0.15) is 11.1 Å². The number of nitrogens with zero attached hydrogens (tertiary/aromatic N) is 1. The van der Waals surface area contributed by atoms with Gasteiger partial charge in [-0.05, 0) is 35.9 Å². The van der Waals surface area contributed by atoms with Crippen molar-refractivity contribution in [3.63, 3.8) is 0 Å². The monoisotopic (exact) mass is 301 g/mol. The van der Waals surface area contributed by atoms with Gasteiger partial charge in [-0.3, -0.25) is 0 Å². The Hall–Kier alpha value is -2.46. The molecule has 3 nitrogen and oxygen atoms in total. The molecule has 0 radical (unpaired) electrons. The van der Waals surface area contributed by atoms with Crippen LogP contribution in [0.4, 0.5) is 4.39 Å². The Kier molecular flexibility index (Phi) is 3.54. The summed E-state index contributed by atoms with van der Waals surface area (Å²) in [6, 6.07) is 12.8. The lowest BCUT2D eigenvalue weighted by atomic mass is 10.2. The predicted molar refractivity (Wildman–Crippen MR) is 78.5 cm³/mol. The highest BCUT2D eigenvalue weighted by atomic mass is 35.5. The van der Waals surface area contributed by atoms with Gasteiger partial charge in [0.15, 0.2) is 5.70 Å². The van der Waals surface area contributed by atoms with Gasteiger partial charge in [-0.15, -0.1) is 0 Å². The molecule has 2 aromatic rings. The molecule has 2 aromatic carbocycles. The molecule has 21 heavy (non-hydrogen) atoms. The van der Waals surface area contributed by atoms with Crippen LogP contribution < -0.4 is 0 Å². The summed E-state index contributed by atoms with van der Waals surface area (Å²) < 4.78 is 18.2. The van der Waals surface area contributed by atoms with E-state index < -0.39 is 11.8 Å². The van der Waals surface area contributed by atoms with Crippen LogP contribution in [0.25, 0.3) is 6.08 Å². The number of carbonyl (C=O) groups excluding carboxylic acids is 1. The zero-order chi connectivity index (χ0) is 14.8. The predicted octanol–water partition coefficient (Wildman–Crippen LogP) is 3.82. The van der Waals surface area contributed by atoms with E-state index in [1.165, 1.54) is 24.3 Å². The molecule has 1 heterocycles. The van der Waals surface area contributed by atoms with Crippen LogP contribution in [0.5, 0.6) is 0 Å². The maximum Gasteiger partial charge on any atom is 0.363 e. The molecule has 0 aliphatic carbocycles. The number of esters is 1. The molecule has 104 valence electrons. The van der Waals surface area contributed by atoms with E-state index >= 15 is 0 Å². The Morgan fingerprint density at radius 1 is 1.14 bits per heavy atom. The van der Waals surface area contributed by atoms with Crippen molar-refractivity contribution in [2.24, 2.45) is 4.99 Å². The highest BCUT2D eigenvalue weighted by molar-refractivity contribution is 6.32. The van der Waals surface area contributed by atoms with Gasteiger partial charge in [0.25, 0.3) is 0 Å². The number of hydrogen-bond acceptors (Lipinski definition) is 3. The largest absolute Gasteiger partial charge is 0.402 e. The van der Waals surface area contributed by atoms with Crippen molar-refractivity contribution in [2.45, 2.75) is 0 Å². The fourth-order valence-electron chi connectivity index (χ4n) is 1.89. The minimum Gasteiger partial charge on any atom is -0.402 e. The lowest BCUT2D eigenvalue weighted by molar-refractivity contribution is -0.129. The first kappa shape index (κ1) is 13.5. The molecule has 0 aromatic heterocycles. The van der Waals surface area contributed by atoms with Gasteiger partial charge in [-0.25, -0.2) is 14.2 Å². The van der Waals surface area contributed by atoms with Gasteiger partial charge >= 0.3 is 5.97 Å². The third-order valence-corrected chi connectivity index (χ3v) is 3.23. The third kappa shape index (κ3) is 2.85. The summed E-state index contributed by atoms with van der Waals surface area (Å²) in [4.78, 5) is 15.9. The number of aliphatic imine (C=N–C) groups is 1. The number of cyclic esters (lactones) is 1. The number of hydrogen-bond donors (Lipinski definition) is 0. The molecule has 0 unspecified atom stereocenters. The second kappa shape index (κ2) is 5.50. The molecular formula is C16H9ClFNO2. The van der Waals surface area contributed by atoms with E-state index in [0.717, 1.165) is 0 Å². The standard InChI is InChI=1S/C16H9ClFNO2/c17-13-7-2-1-4-10(13)9-14-16(20)21-15(19-14)11-5-3-6-12(18)8-11/h1-9H. The van der Waals surface area contributed by atoms with Crippen LogP contribution >= 0.6 is 11.6 Å². The lowest BCUT2D eigenvalue weighted by Crippen LogP contribution is -2.05. The zero-order valence-electron chi connectivity index (χ0n) is 10.7. The minimum atomic E-state index is -0.589. The van der Waals surface area contributed by atoms with Crippen molar-refractivity contribution in [2.75, 3.05) is 0 Å². The molecule has 1 aliphatic heterocycles. The highest BCUT2D eigenvalue weighted by Crippen LogP contribution is 2.23. The Bertz CT molecular complexity index is 783. The Labute approximate surface area is 125 Å². The topological polar surface area (TPSA) is 38.7 Å². The first-order chi connectivity index (χ1) is 10.1. The summed E-state index contributed by atoms with van der Waals surface area (Å²) in [5, 5.41) is 0.507. The first-order valence-corrected chi connectivity index (χ1v) is 6.54. The van der Waals surface area contributed by atoms with Crippen molar-refractivity contribution >= 4 is 29.5 Å². The molecule has 0 amide bonds. The van der Waals surface area contributed by atoms with E-state index in [0.29, 0.717) is 16.1 Å². The van der Waals surface area contributed by atoms with Gasteiger partial charge in [0.1, 0.15) is 5.82 Å². The van der Waals surface area contributed by atoms with Gasteiger partial charge in [0.05, 0.1) is 0 Å². The SMILES string of the molecule is O=C1OC(c2cccc(F)c2)=NC1=Cc1ccccc1Cl. The van der Waals surface area contributed by atoms with Crippen molar-refractivity contribution in [1.82, 2.24) is 0 Å². The fourth-order valence-corrected chi connectivity index (χ4v) is 2.08. The quantitative estimate of drug-likeness (QED) is 0.625. The Balaban J connectivity index is 1.98. The molecule has 0 bridgehead atoms. The van der Waals surface area contributed by atoms with Crippen LogP contribution in [0.2, 0.25) is 5.02 Å². The summed E-state index contributed by atoms with van der Waals surface area (Å²) in [6.45, 7) is 0. The average molecular weight is 302 g/mol. The summed E-state index contributed by atoms with van der Waals surface area (Å²) in [6.07, 6.45) is 1.54. The number of halogens is 2. The molecule has 1 aliphatic rings. The lowest BCUT2D eigenvalue weighted by Gasteiger charge is -1.98. The molecular weight excluding hydrogens is 293 g/mol. The van der Waals surface area contributed by atoms with Gasteiger partial charge < -0.3 is 4.74 Å². The summed E-state index contributed by atoms with van der Waals surface area (Å²) >= 11 is 6.03. The molecule has 0 spiro atoms. The van der Waals surface area contributed by atoms with E-state index in [-0.39, 0.29) is 11.6 Å².